The second-order valence-corrected chi connectivity index (χ2v) is 8.05. The van der Waals surface area contributed by atoms with E-state index in [0.717, 1.165) is 37.6 Å². The molecular formula is C20H20ClN5O2S. The number of halogens is 1. The van der Waals surface area contributed by atoms with Gasteiger partial charge in [-0.05, 0) is 55.3 Å². The summed E-state index contributed by atoms with van der Waals surface area (Å²) in [6, 6.07) is 13.9. The fraction of sp³-hybridized carbons (Fsp3) is 0.250. The van der Waals surface area contributed by atoms with Gasteiger partial charge in [-0.1, -0.05) is 29.4 Å². The molecule has 2 heterocycles. The maximum atomic E-state index is 12.4. The number of hydrogen-bond acceptors (Lipinski definition) is 6. The van der Waals surface area contributed by atoms with Crippen LogP contribution in [0.15, 0.2) is 53.7 Å². The molecule has 0 aliphatic carbocycles. The Morgan fingerprint density at radius 2 is 1.90 bits per heavy atom. The van der Waals surface area contributed by atoms with E-state index in [9.17, 15) is 9.90 Å². The monoisotopic (exact) mass is 429 g/mol. The number of phenols is 1. The summed E-state index contributed by atoms with van der Waals surface area (Å²) in [6.45, 7) is 1.87. The van der Waals surface area contributed by atoms with Crippen LogP contribution in [-0.4, -0.2) is 44.6 Å². The molecule has 1 aliphatic rings. The summed E-state index contributed by atoms with van der Waals surface area (Å²) in [5.41, 5.74) is 1.49. The second kappa shape index (κ2) is 8.75. The van der Waals surface area contributed by atoms with Crippen molar-refractivity contribution in [3.8, 4) is 11.4 Å². The summed E-state index contributed by atoms with van der Waals surface area (Å²) in [5, 5.41) is 22.1. The number of anilines is 2. The Kier molecular flexibility index (Phi) is 5.92. The number of thioether (sulfide) groups is 1. The molecule has 0 radical (unpaired) electrons. The molecule has 0 atom stereocenters. The normalized spacial score (nSPS) is 13.6. The number of benzene rings is 2. The maximum Gasteiger partial charge on any atom is 0.234 e. The fourth-order valence-corrected chi connectivity index (χ4v) is 4.12. The van der Waals surface area contributed by atoms with Crippen molar-refractivity contribution in [1.82, 2.24) is 14.8 Å². The number of rotatable bonds is 6. The average molecular weight is 430 g/mol. The molecule has 1 fully saturated rings. The van der Waals surface area contributed by atoms with Crippen molar-refractivity contribution in [2.45, 2.75) is 18.0 Å². The van der Waals surface area contributed by atoms with Gasteiger partial charge in [0.15, 0.2) is 5.16 Å². The first-order chi connectivity index (χ1) is 14.1. The Morgan fingerprint density at radius 1 is 1.14 bits per heavy atom. The molecule has 0 saturated carbocycles. The van der Waals surface area contributed by atoms with E-state index in [1.165, 1.54) is 23.9 Å². The zero-order valence-corrected chi connectivity index (χ0v) is 17.2. The third-order valence-corrected chi connectivity index (χ3v) is 5.72. The summed E-state index contributed by atoms with van der Waals surface area (Å²) < 4.78 is 1.95. The van der Waals surface area contributed by atoms with Crippen LogP contribution in [0.2, 0.25) is 5.02 Å². The number of aromatic nitrogens is 3. The highest BCUT2D eigenvalue weighted by Gasteiger charge is 2.23. The summed E-state index contributed by atoms with van der Waals surface area (Å²) in [4.78, 5) is 14.6. The van der Waals surface area contributed by atoms with E-state index in [1.54, 1.807) is 12.1 Å². The Balaban J connectivity index is 1.53. The van der Waals surface area contributed by atoms with Crippen LogP contribution in [0.1, 0.15) is 12.8 Å². The Bertz CT molecular complexity index is 1000. The maximum absolute atomic E-state index is 12.4. The summed E-state index contributed by atoms with van der Waals surface area (Å²) in [6.07, 6.45) is 2.25. The molecule has 150 valence electrons. The molecule has 7 nitrogen and oxygen atoms in total. The van der Waals surface area contributed by atoms with E-state index in [4.69, 9.17) is 11.6 Å². The topological polar surface area (TPSA) is 83.3 Å². The van der Waals surface area contributed by atoms with Crippen LogP contribution < -0.4 is 10.2 Å². The number of nitrogens with zero attached hydrogens (tertiary/aromatic N) is 4. The summed E-state index contributed by atoms with van der Waals surface area (Å²) in [7, 11) is 0. The Morgan fingerprint density at radius 3 is 2.62 bits per heavy atom. The van der Waals surface area contributed by atoms with Gasteiger partial charge < -0.3 is 15.3 Å². The molecule has 1 aliphatic heterocycles. The lowest BCUT2D eigenvalue weighted by molar-refractivity contribution is -0.113. The van der Waals surface area contributed by atoms with Crippen LogP contribution in [0.25, 0.3) is 5.69 Å². The zero-order valence-electron chi connectivity index (χ0n) is 15.6. The van der Waals surface area contributed by atoms with Crippen LogP contribution in [0.4, 0.5) is 11.6 Å². The fourth-order valence-electron chi connectivity index (χ4n) is 3.19. The summed E-state index contributed by atoms with van der Waals surface area (Å²) >= 11 is 7.51. The van der Waals surface area contributed by atoms with E-state index in [1.807, 2.05) is 28.8 Å². The lowest BCUT2D eigenvalue weighted by Gasteiger charge is -2.18. The largest absolute Gasteiger partial charge is 0.508 e. The molecule has 0 unspecified atom stereocenters. The first-order valence-electron chi connectivity index (χ1n) is 9.28. The molecule has 1 amide bonds. The van der Waals surface area contributed by atoms with Gasteiger partial charge in [-0.2, -0.15) is 0 Å². The molecule has 2 N–H and O–H groups in total. The molecule has 3 aromatic rings. The lowest BCUT2D eigenvalue weighted by Crippen LogP contribution is -2.22. The molecule has 29 heavy (non-hydrogen) atoms. The van der Waals surface area contributed by atoms with E-state index in [0.29, 0.717) is 15.9 Å². The predicted molar refractivity (Wildman–Crippen MR) is 115 cm³/mol. The molecule has 0 bridgehead atoms. The Labute approximate surface area is 177 Å². The van der Waals surface area contributed by atoms with Crippen molar-refractivity contribution in [1.29, 1.82) is 0 Å². The van der Waals surface area contributed by atoms with Gasteiger partial charge in [0, 0.05) is 23.8 Å². The molecule has 2 aromatic carbocycles. The van der Waals surface area contributed by atoms with E-state index < -0.39 is 0 Å². The average Bonchev–Trinajstić information content (AvgIpc) is 3.37. The van der Waals surface area contributed by atoms with Crippen molar-refractivity contribution in [2.75, 3.05) is 29.1 Å². The van der Waals surface area contributed by atoms with Crippen LogP contribution in [0.3, 0.4) is 0 Å². The zero-order chi connectivity index (χ0) is 20.2. The first-order valence-corrected chi connectivity index (χ1v) is 10.6. The van der Waals surface area contributed by atoms with Crippen LogP contribution in [0.5, 0.6) is 5.75 Å². The number of phenolic OH excluding ortho intramolecular Hbond substituents is 1. The number of carbonyl (C=O) groups is 1. The van der Waals surface area contributed by atoms with Gasteiger partial charge in [0.1, 0.15) is 5.75 Å². The smallest absolute Gasteiger partial charge is 0.234 e. The highest BCUT2D eigenvalue weighted by molar-refractivity contribution is 7.99. The second-order valence-electron chi connectivity index (χ2n) is 6.68. The molecular weight excluding hydrogens is 410 g/mol. The Hall–Kier alpha value is -2.71. The van der Waals surface area contributed by atoms with Gasteiger partial charge >= 0.3 is 0 Å². The van der Waals surface area contributed by atoms with Gasteiger partial charge in [0.05, 0.1) is 11.4 Å². The minimum atomic E-state index is -0.163. The van der Waals surface area contributed by atoms with Crippen LogP contribution in [-0.2, 0) is 4.79 Å². The van der Waals surface area contributed by atoms with Crippen molar-refractivity contribution in [3.63, 3.8) is 0 Å². The molecule has 1 aromatic heterocycles. The van der Waals surface area contributed by atoms with E-state index in [-0.39, 0.29) is 17.4 Å². The minimum Gasteiger partial charge on any atom is -0.508 e. The number of amides is 1. The molecule has 9 heteroatoms. The van der Waals surface area contributed by atoms with Crippen LogP contribution >= 0.6 is 23.4 Å². The van der Waals surface area contributed by atoms with Gasteiger partial charge in [-0.15, -0.1) is 10.2 Å². The third-order valence-electron chi connectivity index (χ3n) is 4.56. The number of aromatic hydroxyl groups is 1. The number of hydrogen-bond donors (Lipinski definition) is 2. The van der Waals surface area contributed by atoms with Crippen LogP contribution in [0, 0.1) is 0 Å². The number of carbonyl (C=O) groups excluding carboxylic acids is 1. The quantitative estimate of drug-likeness (QED) is 0.456. The minimum absolute atomic E-state index is 0.154. The van der Waals surface area contributed by atoms with Crippen molar-refractivity contribution in [2.24, 2.45) is 0 Å². The summed E-state index contributed by atoms with van der Waals surface area (Å²) in [5.74, 6) is 0.941. The third kappa shape index (κ3) is 4.65. The van der Waals surface area contributed by atoms with Gasteiger partial charge in [0.25, 0.3) is 0 Å². The van der Waals surface area contributed by atoms with Gasteiger partial charge in [-0.3, -0.25) is 9.36 Å². The molecule has 0 spiro atoms. The standard InChI is InChI=1S/C20H20ClN5O2S/c21-14-4-3-5-16(12-14)26-19(25-10-1-2-11-25)23-24-20(26)29-13-18(28)22-15-6-8-17(27)9-7-15/h3-9,12,27H,1-2,10-11,13H2,(H,22,28). The highest BCUT2D eigenvalue weighted by Crippen LogP contribution is 2.29. The van der Waals surface area contributed by atoms with Gasteiger partial charge in [0.2, 0.25) is 11.9 Å². The lowest BCUT2D eigenvalue weighted by atomic mass is 10.3. The van der Waals surface area contributed by atoms with Crippen molar-refractivity contribution >= 4 is 40.9 Å². The first kappa shape index (κ1) is 19.6. The molecule has 1 saturated heterocycles. The van der Waals surface area contributed by atoms with Crippen molar-refractivity contribution < 1.29 is 9.90 Å². The van der Waals surface area contributed by atoms with Crippen molar-refractivity contribution in [3.05, 3.63) is 53.6 Å². The highest BCUT2D eigenvalue weighted by atomic mass is 35.5. The van der Waals surface area contributed by atoms with E-state index in [2.05, 4.69) is 20.4 Å². The van der Waals surface area contributed by atoms with Gasteiger partial charge in [-0.25, -0.2) is 0 Å². The number of nitrogens with one attached hydrogen (secondary N) is 1. The SMILES string of the molecule is O=C(CSc1nnc(N2CCCC2)n1-c1cccc(Cl)c1)Nc1ccc(O)cc1. The predicted octanol–water partition coefficient (Wildman–Crippen LogP) is 3.96. The van der Waals surface area contributed by atoms with E-state index >= 15 is 0 Å². The molecule has 4 rings (SSSR count).